The number of halogens is 2. The van der Waals surface area contributed by atoms with Crippen LogP contribution in [0.1, 0.15) is 31.2 Å². The number of carbonyl (C=O) groups is 2. The topological polar surface area (TPSA) is 87.1 Å². The first-order valence-corrected chi connectivity index (χ1v) is 11.1. The Morgan fingerprint density at radius 2 is 1.53 bits per heavy atom. The van der Waals surface area contributed by atoms with Gasteiger partial charge in [0.05, 0.1) is 10.0 Å². The van der Waals surface area contributed by atoms with E-state index in [-0.39, 0.29) is 6.10 Å². The van der Waals surface area contributed by atoms with E-state index in [1.807, 2.05) is 12.1 Å². The Balaban J connectivity index is 0.000000312. The van der Waals surface area contributed by atoms with Crippen LogP contribution in [0.15, 0.2) is 60.7 Å². The first kappa shape index (κ1) is 24.1. The first-order chi connectivity index (χ1) is 15.3. The molecule has 2 fully saturated rings. The van der Waals surface area contributed by atoms with Crippen molar-refractivity contribution in [3.63, 3.8) is 0 Å². The quantitative estimate of drug-likeness (QED) is 0.550. The summed E-state index contributed by atoms with van der Waals surface area (Å²) >= 11 is 12.1. The summed E-state index contributed by atoms with van der Waals surface area (Å²) < 4.78 is 6.20. The molecule has 2 aliphatic rings. The fraction of sp³-hybridized carbons (Fsp3) is 0.333. The van der Waals surface area contributed by atoms with Gasteiger partial charge in [-0.3, -0.25) is 4.90 Å². The van der Waals surface area contributed by atoms with Crippen molar-refractivity contribution in [1.82, 2.24) is 4.90 Å². The Kier molecular flexibility index (Phi) is 8.56. The van der Waals surface area contributed by atoms with E-state index in [4.69, 9.17) is 38.2 Å². The molecule has 32 heavy (non-hydrogen) atoms. The van der Waals surface area contributed by atoms with Gasteiger partial charge in [0.15, 0.2) is 0 Å². The Labute approximate surface area is 197 Å². The number of ether oxygens (including phenoxy) is 1. The largest absolute Gasteiger partial charge is 0.490 e. The predicted octanol–water partition coefficient (Wildman–Crippen LogP) is 5.28. The number of rotatable bonds is 6. The number of piperidine rings is 1. The second kappa shape index (κ2) is 11.4. The number of hydrogen-bond donors (Lipinski definition) is 2. The van der Waals surface area contributed by atoms with E-state index in [2.05, 4.69) is 35.2 Å². The molecule has 2 aliphatic heterocycles. The van der Waals surface area contributed by atoms with Gasteiger partial charge >= 0.3 is 11.9 Å². The number of hydrogen-bond acceptors (Lipinski definition) is 4. The third kappa shape index (κ3) is 6.99. The van der Waals surface area contributed by atoms with Crippen molar-refractivity contribution >= 4 is 35.1 Å². The van der Waals surface area contributed by atoms with E-state index >= 15 is 0 Å². The third-order valence-corrected chi connectivity index (χ3v) is 6.35. The minimum absolute atomic E-state index is 0.270. The van der Waals surface area contributed by atoms with Gasteiger partial charge in [-0.2, -0.15) is 0 Å². The second-order valence-corrected chi connectivity index (χ2v) is 8.65. The van der Waals surface area contributed by atoms with E-state index in [0.717, 1.165) is 25.1 Å². The molecule has 2 aromatic carbocycles. The number of carboxylic acid groups (broad SMARTS) is 2. The number of fused-ring (bicyclic) bond motifs is 2. The van der Waals surface area contributed by atoms with Gasteiger partial charge in [-0.1, -0.05) is 53.5 Å². The average molecular weight is 478 g/mol. The summed E-state index contributed by atoms with van der Waals surface area (Å²) in [6, 6.07) is 17.5. The standard InChI is InChI=1S/C20H21Cl2NO.C4H4O4/c21-19-9-8-17(12-20(19)22)24-18-10-15-6-7-16(11-18)23(15)13-14-4-2-1-3-5-14;5-3(6)1-2-4(7)8/h1-5,8-9,12,15-16,18H,6-7,10-11,13H2;1-2H,(H,5,6)(H,7,8)/b;2-1+. The molecule has 2 heterocycles. The monoisotopic (exact) mass is 477 g/mol. The van der Waals surface area contributed by atoms with Crippen LogP contribution in [-0.4, -0.2) is 45.2 Å². The van der Waals surface area contributed by atoms with Gasteiger partial charge < -0.3 is 14.9 Å². The van der Waals surface area contributed by atoms with Crippen molar-refractivity contribution < 1.29 is 24.5 Å². The lowest BCUT2D eigenvalue weighted by atomic mass is 9.98. The van der Waals surface area contributed by atoms with Crippen molar-refractivity contribution in [1.29, 1.82) is 0 Å². The van der Waals surface area contributed by atoms with Crippen LogP contribution in [0.25, 0.3) is 0 Å². The van der Waals surface area contributed by atoms with Crippen molar-refractivity contribution in [2.24, 2.45) is 0 Å². The summed E-state index contributed by atoms with van der Waals surface area (Å²) in [5.41, 5.74) is 1.40. The van der Waals surface area contributed by atoms with Crippen LogP contribution >= 0.6 is 23.2 Å². The van der Waals surface area contributed by atoms with Gasteiger partial charge in [-0.15, -0.1) is 0 Å². The van der Waals surface area contributed by atoms with E-state index in [1.54, 1.807) is 6.07 Å². The molecule has 0 aromatic heterocycles. The molecule has 2 atom stereocenters. The minimum atomic E-state index is -1.26. The van der Waals surface area contributed by atoms with E-state index in [9.17, 15) is 9.59 Å². The highest BCUT2D eigenvalue weighted by molar-refractivity contribution is 6.42. The van der Waals surface area contributed by atoms with Gasteiger partial charge in [0.1, 0.15) is 11.9 Å². The highest BCUT2D eigenvalue weighted by Gasteiger charge is 2.41. The maximum Gasteiger partial charge on any atom is 0.328 e. The van der Waals surface area contributed by atoms with Crippen molar-refractivity contribution in [3.8, 4) is 5.75 Å². The molecule has 4 rings (SSSR count). The summed E-state index contributed by atoms with van der Waals surface area (Å²) in [6.45, 7) is 1.05. The molecular formula is C24H25Cl2NO5. The van der Waals surface area contributed by atoms with Crippen LogP contribution in [0, 0.1) is 0 Å². The molecule has 170 valence electrons. The first-order valence-electron chi connectivity index (χ1n) is 10.4. The third-order valence-electron chi connectivity index (χ3n) is 5.61. The lowest BCUT2D eigenvalue weighted by Crippen LogP contribution is -2.45. The normalized spacial score (nSPS) is 22.2. The minimum Gasteiger partial charge on any atom is -0.490 e. The van der Waals surface area contributed by atoms with Crippen molar-refractivity contribution in [2.45, 2.75) is 50.4 Å². The summed E-state index contributed by atoms with van der Waals surface area (Å²) in [7, 11) is 0. The summed E-state index contributed by atoms with van der Waals surface area (Å²) in [6.07, 6.45) is 6.11. The molecule has 2 unspecified atom stereocenters. The van der Waals surface area contributed by atoms with Crippen LogP contribution in [0.3, 0.4) is 0 Å². The second-order valence-electron chi connectivity index (χ2n) is 7.84. The summed E-state index contributed by atoms with van der Waals surface area (Å²) in [5.74, 6) is -1.69. The van der Waals surface area contributed by atoms with Crippen LogP contribution < -0.4 is 4.74 Å². The molecule has 8 heteroatoms. The molecule has 2 aromatic rings. The highest BCUT2D eigenvalue weighted by atomic mass is 35.5. The number of carboxylic acids is 2. The highest BCUT2D eigenvalue weighted by Crippen LogP contribution is 2.38. The fourth-order valence-corrected chi connectivity index (χ4v) is 4.55. The van der Waals surface area contributed by atoms with Gasteiger partial charge in [-0.05, 0) is 43.4 Å². The molecular weight excluding hydrogens is 453 g/mol. The zero-order valence-corrected chi connectivity index (χ0v) is 18.9. The Bertz CT molecular complexity index is 936. The van der Waals surface area contributed by atoms with Gasteiger partial charge in [0.25, 0.3) is 0 Å². The lowest BCUT2D eigenvalue weighted by molar-refractivity contribution is -0.134. The molecule has 0 saturated carbocycles. The number of benzene rings is 2. The molecule has 2 bridgehead atoms. The maximum absolute atomic E-state index is 9.55. The zero-order chi connectivity index (χ0) is 23.1. The van der Waals surface area contributed by atoms with Crippen molar-refractivity contribution in [3.05, 3.63) is 76.3 Å². The number of aliphatic carboxylic acids is 2. The SMILES string of the molecule is Clc1ccc(OC2CC3CCC(C2)N3Cc2ccccc2)cc1Cl.O=C(O)/C=C/C(=O)O. The molecule has 0 amide bonds. The summed E-state index contributed by atoms with van der Waals surface area (Å²) in [4.78, 5) is 21.8. The van der Waals surface area contributed by atoms with Crippen molar-refractivity contribution in [2.75, 3.05) is 0 Å². The molecule has 6 nitrogen and oxygen atoms in total. The van der Waals surface area contributed by atoms with Gasteiger partial charge in [0.2, 0.25) is 0 Å². The number of nitrogens with zero attached hydrogens (tertiary/aromatic N) is 1. The predicted molar refractivity (Wildman–Crippen MR) is 123 cm³/mol. The summed E-state index contributed by atoms with van der Waals surface area (Å²) in [5, 5.41) is 16.7. The fourth-order valence-electron chi connectivity index (χ4n) is 4.26. The zero-order valence-electron chi connectivity index (χ0n) is 17.4. The Morgan fingerprint density at radius 1 is 0.938 bits per heavy atom. The Hall–Kier alpha value is -2.54. The van der Waals surface area contributed by atoms with Gasteiger partial charge in [0, 0.05) is 36.8 Å². The van der Waals surface area contributed by atoms with Gasteiger partial charge in [-0.25, -0.2) is 9.59 Å². The van der Waals surface area contributed by atoms with Crippen LogP contribution in [0.4, 0.5) is 0 Å². The Morgan fingerprint density at radius 3 is 2.06 bits per heavy atom. The van der Waals surface area contributed by atoms with Crippen LogP contribution in [-0.2, 0) is 16.1 Å². The molecule has 0 spiro atoms. The molecule has 0 radical (unpaired) electrons. The molecule has 0 aliphatic carbocycles. The van der Waals surface area contributed by atoms with E-state index in [0.29, 0.717) is 34.3 Å². The van der Waals surface area contributed by atoms with Crippen LogP contribution in [0.5, 0.6) is 5.75 Å². The van der Waals surface area contributed by atoms with Crippen LogP contribution in [0.2, 0.25) is 10.0 Å². The lowest BCUT2D eigenvalue weighted by Gasteiger charge is -2.39. The smallest absolute Gasteiger partial charge is 0.328 e. The average Bonchev–Trinajstić information content (AvgIpc) is 2.98. The van der Waals surface area contributed by atoms with E-state index in [1.165, 1.54) is 18.4 Å². The maximum atomic E-state index is 9.55. The molecule has 2 N–H and O–H groups in total. The molecule has 2 saturated heterocycles. The van der Waals surface area contributed by atoms with E-state index < -0.39 is 11.9 Å².